The molecule has 3 N–H and O–H groups in total. The smallest absolute Gasteiger partial charge is 0.290 e. The molecular formula is C23H28F2N4O3S. The first-order valence-electron chi connectivity index (χ1n) is 11.2. The van der Waals surface area contributed by atoms with E-state index >= 15 is 0 Å². The van der Waals surface area contributed by atoms with Gasteiger partial charge in [-0.2, -0.15) is 8.78 Å². The van der Waals surface area contributed by atoms with E-state index in [0.717, 1.165) is 11.1 Å². The third kappa shape index (κ3) is 3.72. The molecule has 3 atom stereocenters. The van der Waals surface area contributed by atoms with E-state index in [1.807, 2.05) is 39.0 Å². The fourth-order valence-corrected chi connectivity index (χ4v) is 6.40. The van der Waals surface area contributed by atoms with Gasteiger partial charge < -0.3 is 10.0 Å². The number of hydrogen-bond acceptors (Lipinski definition) is 6. The molecule has 0 amide bonds. The van der Waals surface area contributed by atoms with Gasteiger partial charge in [-0.3, -0.25) is 0 Å². The second-order valence-corrected chi connectivity index (χ2v) is 11.9. The Morgan fingerprint density at radius 1 is 1.27 bits per heavy atom. The molecule has 0 bridgehead atoms. The highest BCUT2D eigenvalue weighted by atomic mass is 32.2. The van der Waals surface area contributed by atoms with Crippen LogP contribution in [0.5, 0.6) is 0 Å². The van der Waals surface area contributed by atoms with Crippen molar-refractivity contribution in [1.29, 1.82) is 0 Å². The number of rotatable bonds is 4. The Morgan fingerprint density at radius 3 is 2.64 bits per heavy atom. The fraction of sp³-hybridized carbons (Fsp3) is 0.565. The maximum Gasteiger partial charge on any atom is 0.290 e. The number of aliphatic hydroxyl groups excluding tert-OH is 1. The van der Waals surface area contributed by atoms with Crippen LogP contribution in [0.1, 0.15) is 61.9 Å². The van der Waals surface area contributed by atoms with Gasteiger partial charge in [-0.05, 0) is 42.4 Å². The number of benzene rings is 1. The van der Waals surface area contributed by atoms with Gasteiger partial charge in [0.25, 0.3) is 5.92 Å². The normalized spacial score (nSPS) is 27.2. The summed E-state index contributed by atoms with van der Waals surface area (Å²) in [4.78, 5) is 10.7. The third-order valence-electron chi connectivity index (χ3n) is 7.41. The molecule has 7 nitrogen and oxygen atoms in total. The summed E-state index contributed by atoms with van der Waals surface area (Å²) in [5.41, 5.74) is 3.03. The summed E-state index contributed by atoms with van der Waals surface area (Å²) < 4.78 is 52.9. The van der Waals surface area contributed by atoms with Crippen molar-refractivity contribution in [1.82, 2.24) is 9.97 Å². The summed E-state index contributed by atoms with van der Waals surface area (Å²) in [7, 11) is -3.64. The second-order valence-electron chi connectivity index (χ2n) is 10.3. The summed E-state index contributed by atoms with van der Waals surface area (Å²) in [6.45, 7) is 6.21. The van der Waals surface area contributed by atoms with Crippen LogP contribution >= 0.6 is 0 Å². The molecule has 1 aromatic heterocycles. The zero-order valence-corrected chi connectivity index (χ0v) is 19.7. The first kappa shape index (κ1) is 22.6. The largest absolute Gasteiger partial charge is 0.389 e. The topological polar surface area (TPSA) is 109 Å². The van der Waals surface area contributed by atoms with Crippen LogP contribution < -0.4 is 10.0 Å². The number of β-amino-alcohol motifs (C(OH)–C–C–N with tert-alkyl or cyclic N) is 1. The molecule has 10 heteroatoms. The van der Waals surface area contributed by atoms with Gasteiger partial charge in [0.1, 0.15) is 5.69 Å². The molecule has 1 aromatic carbocycles. The van der Waals surface area contributed by atoms with Crippen LogP contribution in [0.4, 0.5) is 14.7 Å². The van der Waals surface area contributed by atoms with Crippen molar-refractivity contribution < 1.29 is 22.3 Å². The van der Waals surface area contributed by atoms with E-state index in [0.29, 0.717) is 29.8 Å². The minimum Gasteiger partial charge on any atom is -0.389 e. The lowest BCUT2D eigenvalue weighted by Gasteiger charge is -2.43. The fourth-order valence-electron chi connectivity index (χ4n) is 5.54. The van der Waals surface area contributed by atoms with E-state index in [4.69, 9.17) is 10.1 Å². The van der Waals surface area contributed by atoms with Crippen molar-refractivity contribution in [2.45, 2.75) is 69.4 Å². The maximum absolute atomic E-state index is 14.7. The number of hydrogen-bond donors (Lipinski definition) is 2. The lowest BCUT2D eigenvalue weighted by molar-refractivity contribution is -0.00603. The molecule has 5 rings (SSSR count). The monoisotopic (exact) mass is 478 g/mol. The number of alkyl halides is 2. The number of primary sulfonamides is 1. The van der Waals surface area contributed by atoms with E-state index in [-0.39, 0.29) is 47.6 Å². The number of anilines is 1. The summed E-state index contributed by atoms with van der Waals surface area (Å²) >= 11 is 0. The molecule has 178 valence electrons. The minimum absolute atomic E-state index is 0.128. The van der Waals surface area contributed by atoms with E-state index in [9.17, 15) is 22.3 Å². The first-order valence-corrected chi connectivity index (χ1v) is 12.9. The predicted octanol–water partition coefficient (Wildman–Crippen LogP) is 2.80. The zero-order chi connectivity index (χ0) is 23.9. The van der Waals surface area contributed by atoms with Crippen molar-refractivity contribution in [3.63, 3.8) is 0 Å². The van der Waals surface area contributed by atoms with E-state index in [2.05, 4.69) is 4.98 Å². The van der Waals surface area contributed by atoms with Crippen molar-refractivity contribution in [3.05, 3.63) is 40.6 Å². The lowest BCUT2D eigenvalue weighted by Crippen LogP contribution is -2.59. The number of fused-ring (bicyclic) bond motifs is 2. The number of nitrogens with zero attached hydrogens (tertiary/aromatic N) is 3. The Hall–Kier alpha value is -2.17. The second kappa shape index (κ2) is 7.16. The number of aromatic nitrogens is 2. The predicted molar refractivity (Wildman–Crippen MR) is 121 cm³/mol. The average Bonchev–Trinajstić information content (AvgIpc) is 3.16. The SMILES string of the molecule is C[C@H]1[C@H](O)CN1c1nc(-c2ccc3c(c2)C(C)(C)C[C@H]3CS(N)(=O)=O)c2c(n1)C(F)(F)CC2. The Morgan fingerprint density at radius 2 is 2.00 bits per heavy atom. The van der Waals surface area contributed by atoms with Crippen LogP contribution in [0.2, 0.25) is 0 Å². The molecule has 2 heterocycles. The summed E-state index contributed by atoms with van der Waals surface area (Å²) in [5.74, 6) is -3.16. The Bertz CT molecular complexity index is 1250. The highest BCUT2D eigenvalue weighted by Crippen LogP contribution is 2.49. The number of sulfonamides is 1. The Balaban J connectivity index is 1.63. The molecule has 0 unspecified atom stereocenters. The minimum atomic E-state index is -3.64. The molecule has 0 spiro atoms. The molecule has 0 radical (unpaired) electrons. The average molecular weight is 479 g/mol. The van der Waals surface area contributed by atoms with Crippen LogP contribution in [0, 0.1) is 0 Å². The highest BCUT2D eigenvalue weighted by Gasteiger charge is 2.45. The van der Waals surface area contributed by atoms with Gasteiger partial charge in [0.2, 0.25) is 16.0 Å². The van der Waals surface area contributed by atoms with Gasteiger partial charge in [-0.1, -0.05) is 26.0 Å². The third-order valence-corrected chi connectivity index (χ3v) is 8.27. The molecule has 2 aliphatic carbocycles. The summed E-state index contributed by atoms with van der Waals surface area (Å²) in [6, 6.07) is 5.42. The molecule has 2 aromatic rings. The highest BCUT2D eigenvalue weighted by molar-refractivity contribution is 7.89. The van der Waals surface area contributed by atoms with Crippen molar-refractivity contribution in [2.75, 3.05) is 17.2 Å². The lowest BCUT2D eigenvalue weighted by atomic mass is 9.85. The summed E-state index contributed by atoms with van der Waals surface area (Å²) in [6.07, 6.45) is -0.0258. The molecule has 3 aliphatic rings. The van der Waals surface area contributed by atoms with E-state index in [1.54, 1.807) is 4.90 Å². The van der Waals surface area contributed by atoms with Gasteiger partial charge in [-0.25, -0.2) is 23.5 Å². The van der Waals surface area contributed by atoms with Crippen LogP contribution in [-0.4, -0.2) is 47.9 Å². The van der Waals surface area contributed by atoms with E-state index < -0.39 is 22.0 Å². The standard InChI is InChI=1S/C23H28F2N4O3S/c1-12-18(30)10-29(12)21-27-19(16-6-7-23(24,25)20(16)28-21)13-4-5-15-14(11-33(26,31)32)9-22(2,3)17(15)8-13/h4-5,8,12,14,18,30H,6-7,9-11H2,1-3H3,(H2,26,31,32)/t12-,14-,18+/m0/s1. The van der Waals surface area contributed by atoms with Crippen molar-refractivity contribution >= 4 is 16.0 Å². The van der Waals surface area contributed by atoms with Gasteiger partial charge in [0.15, 0.2) is 0 Å². The number of halogens is 2. The summed E-state index contributed by atoms with van der Waals surface area (Å²) in [5, 5.41) is 15.2. The first-order chi connectivity index (χ1) is 15.3. The van der Waals surface area contributed by atoms with Gasteiger partial charge in [-0.15, -0.1) is 0 Å². The Kier molecular flexibility index (Phi) is 4.91. The Labute approximate surface area is 192 Å². The van der Waals surface area contributed by atoms with Crippen LogP contribution in [0.15, 0.2) is 18.2 Å². The van der Waals surface area contributed by atoms with Gasteiger partial charge >= 0.3 is 0 Å². The van der Waals surface area contributed by atoms with E-state index in [1.165, 1.54) is 0 Å². The van der Waals surface area contributed by atoms with Crippen LogP contribution in [0.3, 0.4) is 0 Å². The zero-order valence-electron chi connectivity index (χ0n) is 18.8. The molecular weight excluding hydrogens is 450 g/mol. The molecule has 33 heavy (non-hydrogen) atoms. The maximum atomic E-state index is 14.7. The van der Waals surface area contributed by atoms with Crippen LogP contribution in [-0.2, 0) is 27.8 Å². The molecule has 0 saturated carbocycles. The van der Waals surface area contributed by atoms with Gasteiger partial charge in [0, 0.05) is 30.0 Å². The molecule has 1 aliphatic heterocycles. The van der Waals surface area contributed by atoms with Crippen molar-refractivity contribution in [3.8, 4) is 11.3 Å². The van der Waals surface area contributed by atoms with Crippen molar-refractivity contribution in [2.24, 2.45) is 5.14 Å². The quantitative estimate of drug-likeness (QED) is 0.700. The van der Waals surface area contributed by atoms with Crippen LogP contribution in [0.25, 0.3) is 11.3 Å². The number of nitrogens with two attached hydrogens (primary N) is 1. The number of aliphatic hydroxyl groups is 1. The van der Waals surface area contributed by atoms with Gasteiger partial charge in [0.05, 0.1) is 23.6 Å². The molecule has 1 fully saturated rings. The molecule has 1 saturated heterocycles.